The van der Waals surface area contributed by atoms with Gasteiger partial charge in [0.2, 0.25) is 0 Å². The smallest absolute Gasteiger partial charge is 0.176 e. The molecule has 0 fully saturated rings. The van der Waals surface area contributed by atoms with Crippen LogP contribution < -0.4 is 9.47 Å². The molecule has 2 aromatic carbocycles. The molecule has 0 radical (unpaired) electrons. The minimum Gasteiger partial charge on any atom is -0.494 e. The summed E-state index contributed by atoms with van der Waals surface area (Å²) in [5.74, 6) is -1.82. The van der Waals surface area contributed by atoms with Crippen molar-refractivity contribution in [3.05, 3.63) is 48.3 Å². The second kappa shape index (κ2) is 5.55. The summed E-state index contributed by atoms with van der Waals surface area (Å²) in [6.45, 7) is 0. The Morgan fingerprint density at radius 3 is 2.18 bits per heavy atom. The molecule has 0 spiro atoms. The average Bonchev–Trinajstić information content (AvgIpc) is 2.55. The van der Waals surface area contributed by atoms with Crippen molar-refractivity contribution >= 4 is 11.0 Å². The van der Waals surface area contributed by atoms with Gasteiger partial charge in [0.05, 0.1) is 30.8 Å². The van der Waals surface area contributed by atoms with E-state index in [1.165, 1.54) is 32.7 Å². The molecule has 0 bridgehead atoms. The highest BCUT2D eigenvalue weighted by atomic mass is 19.1. The van der Waals surface area contributed by atoms with Crippen LogP contribution in [0.25, 0.3) is 22.2 Å². The first-order valence-corrected chi connectivity index (χ1v) is 6.47. The number of para-hydroxylation sites is 1. The molecule has 0 aliphatic heterocycles. The highest BCUT2D eigenvalue weighted by molar-refractivity contribution is 5.92. The highest BCUT2D eigenvalue weighted by Gasteiger charge is 2.23. The summed E-state index contributed by atoms with van der Waals surface area (Å²) in [4.78, 5) is 8.32. The predicted molar refractivity (Wildman–Crippen MR) is 78.0 cm³/mol. The maximum Gasteiger partial charge on any atom is 0.176 e. The summed E-state index contributed by atoms with van der Waals surface area (Å²) in [5, 5.41) is 0. The molecule has 1 heterocycles. The number of hydrogen-bond acceptors (Lipinski definition) is 4. The van der Waals surface area contributed by atoms with Crippen molar-refractivity contribution in [2.45, 2.75) is 0 Å². The topological polar surface area (TPSA) is 44.2 Å². The molecule has 0 aliphatic rings. The van der Waals surface area contributed by atoms with Crippen molar-refractivity contribution in [3.8, 4) is 22.6 Å². The lowest BCUT2D eigenvalue weighted by Crippen LogP contribution is -2.00. The van der Waals surface area contributed by atoms with Crippen LogP contribution in [-0.2, 0) is 0 Å². The Morgan fingerprint density at radius 2 is 1.55 bits per heavy atom. The van der Waals surface area contributed by atoms with Crippen LogP contribution in [0.5, 0.6) is 11.5 Å². The molecule has 4 nitrogen and oxygen atoms in total. The summed E-state index contributed by atoms with van der Waals surface area (Å²) in [5.41, 5.74) is 0.985. The number of methoxy groups -OCH3 is 2. The normalized spacial score (nSPS) is 10.7. The first-order valence-electron chi connectivity index (χ1n) is 6.47. The Kier molecular flexibility index (Phi) is 3.58. The maximum absolute atomic E-state index is 14.6. The van der Waals surface area contributed by atoms with Gasteiger partial charge in [0.1, 0.15) is 0 Å². The van der Waals surface area contributed by atoms with Crippen molar-refractivity contribution < 1.29 is 18.3 Å². The maximum atomic E-state index is 14.6. The van der Waals surface area contributed by atoms with Gasteiger partial charge in [-0.25, -0.2) is 8.78 Å². The third-order valence-electron chi connectivity index (χ3n) is 3.34. The molecule has 6 heteroatoms. The molecular formula is C16H12F2N2O2. The monoisotopic (exact) mass is 302 g/mol. The number of ether oxygens (including phenoxy) is 2. The van der Waals surface area contributed by atoms with E-state index in [9.17, 15) is 8.78 Å². The molecule has 1 aromatic heterocycles. The van der Waals surface area contributed by atoms with E-state index >= 15 is 0 Å². The molecule has 3 rings (SSSR count). The van der Waals surface area contributed by atoms with Crippen LogP contribution >= 0.6 is 0 Å². The van der Waals surface area contributed by atoms with E-state index in [1.807, 2.05) is 0 Å². The molecule has 0 N–H and O–H groups in total. The average molecular weight is 302 g/mol. The highest BCUT2D eigenvalue weighted by Crippen LogP contribution is 2.39. The molecular weight excluding hydrogens is 290 g/mol. The van der Waals surface area contributed by atoms with Crippen LogP contribution in [0.15, 0.2) is 36.7 Å². The fraction of sp³-hybridized carbons (Fsp3) is 0.125. The third kappa shape index (κ3) is 2.13. The second-order valence-corrected chi connectivity index (χ2v) is 4.51. The van der Waals surface area contributed by atoms with Gasteiger partial charge in [0, 0.05) is 24.0 Å². The number of rotatable bonds is 3. The van der Waals surface area contributed by atoms with Gasteiger partial charge >= 0.3 is 0 Å². The van der Waals surface area contributed by atoms with Gasteiger partial charge in [-0.3, -0.25) is 9.97 Å². The molecule has 0 aliphatic carbocycles. The fourth-order valence-electron chi connectivity index (χ4n) is 2.32. The van der Waals surface area contributed by atoms with Crippen LogP contribution in [0.3, 0.4) is 0 Å². The van der Waals surface area contributed by atoms with Crippen molar-refractivity contribution in [1.82, 2.24) is 9.97 Å². The van der Waals surface area contributed by atoms with Gasteiger partial charge in [-0.1, -0.05) is 12.1 Å². The predicted octanol–water partition coefficient (Wildman–Crippen LogP) is 3.59. The van der Waals surface area contributed by atoms with Crippen LogP contribution in [-0.4, -0.2) is 24.2 Å². The zero-order chi connectivity index (χ0) is 15.7. The zero-order valence-electron chi connectivity index (χ0n) is 11.9. The molecule has 22 heavy (non-hydrogen) atoms. The van der Waals surface area contributed by atoms with Crippen molar-refractivity contribution in [1.29, 1.82) is 0 Å². The molecule has 0 unspecified atom stereocenters. The fourth-order valence-corrected chi connectivity index (χ4v) is 2.32. The summed E-state index contributed by atoms with van der Waals surface area (Å²) < 4.78 is 39.1. The first kappa shape index (κ1) is 14.2. The summed E-state index contributed by atoms with van der Waals surface area (Å²) in [6.07, 6.45) is 2.99. The standard InChI is InChI=1S/C16H12F2N2O2/c1-21-11-8-12(22-2)15(18)13(14(11)17)9-4-3-5-10-16(9)20-7-6-19-10/h3-8H,1-2H3. The van der Waals surface area contributed by atoms with E-state index in [2.05, 4.69) is 9.97 Å². The van der Waals surface area contributed by atoms with Gasteiger partial charge in [-0.05, 0) is 6.07 Å². The molecule has 112 valence electrons. The zero-order valence-corrected chi connectivity index (χ0v) is 11.9. The van der Waals surface area contributed by atoms with Gasteiger partial charge in [-0.2, -0.15) is 0 Å². The van der Waals surface area contributed by atoms with Gasteiger partial charge in [0.25, 0.3) is 0 Å². The minimum absolute atomic E-state index is 0.103. The van der Waals surface area contributed by atoms with E-state index in [0.29, 0.717) is 11.0 Å². The quantitative estimate of drug-likeness (QED) is 0.741. The number of halogens is 2. The lowest BCUT2D eigenvalue weighted by molar-refractivity contribution is 0.360. The van der Waals surface area contributed by atoms with Crippen molar-refractivity contribution in [3.63, 3.8) is 0 Å². The van der Waals surface area contributed by atoms with Crippen molar-refractivity contribution in [2.24, 2.45) is 0 Å². The van der Waals surface area contributed by atoms with E-state index in [-0.39, 0.29) is 22.6 Å². The lowest BCUT2D eigenvalue weighted by Gasteiger charge is -2.13. The Hall–Kier alpha value is -2.76. The third-order valence-corrected chi connectivity index (χ3v) is 3.34. The SMILES string of the molecule is COc1cc(OC)c(F)c(-c2cccc3nccnc23)c1F. The molecule has 0 saturated carbocycles. The Morgan fingerprint density at radius 1 is 0.909 bits per heavy atom. The lowest BCUT2D eigenvalue weighted by atomic mass is 10.0. The first-order chi connectivity index (χ1) is 10.7. The van der Waals surface area contributed by atoms with E-state index in [0.717, 1.165) is 0 Å². The van der Waals surface area contributed by atoms with Crippen LogP contribution in [0, 0.1) is 11.6 Å². The van der Waals surface area contributed by atoms with E-state index in [1.54, 1.807) is 18.2 Å². The summed E-state index contributed by atoms with van der Waals surface area (Å²) in [6, 6.07) is 6.14. The molecule has 3 aromatic rings. The Balaban J connectivity index is 2.40. The molecule has 0 atom stereocenters. The van der Waals surface area contributed by atoms with E-state index < -0.39 is 11.6 Å². The van der Waals surface area contributed by atoms with E-state index in [4.69, 9.17) is 9.47 Å². The summed E-state index contributed by atoms with van der Waals surface area (Å²) >= 11 is 0. The largest absolute Gasteiger partial charge is 0.494 e. The number of hydrogen-bond donors (Lipinski definition) is 0. The second-order valence-electron chi connectivity index (χ2n) is 4.51. The van der Waals surface area contributed by atoms with Crippen LogP contribution in [0.1, 0.15) is 0 Å². The van der Waals surface area contributed by atoms with Gasteiger partial charge in [-0.15, -0.1) is 0 Å². The van der Waals surface area contributed by atoms with Gasteiger partial charge < -0.3 is 9.47 Å². The Bertz CT molecular complexity index is 819. The number of benzene rings is 2. The molecule has 0 saturated heterocycles. The van der Waals surface area contributed by atoms with Gasteiger partial charge in [0.15, 0.2) is 23.1 Å². The van der Waals surface area contributed by atoms with Crippen molar-refractivity contribution in [2.75, 3.05) is 14.2 Å². The van der Waals surface area contributed by atoms with Crippen LogP contribution in [0.4, 0.5) is 8.78 Å². The van der Waals surface area contributed by atoms with Crippen LogP contribution in [0.2, 0.25) is 0 Å². The summed E-state index contributed by atoms with van der Waals surface area (Å²) in [7, 11) is 2.62. The number of fused-ring (bicyclic) bond motifs is 1. The Labute approximate surface area is 125 Å². The minimum atomic E-state index is -0.807. The molecule has 0 amide bonds. The number of nitrogens with zero attached hydrogens (tertiary/aromatic N) is 2. The number of aromatic nitrogens is 2.